The molecule has 1 aliphatic rings. The predicted molar refractivity (Wildman–Crippen MR) is 100 cm³/mol. The van der Waals surface area contributed by atoms with E-state index in [4.69, 9.17) is 9.47 Å². The predicted octanol–water partition coefficient (Wildman–Crippen LogP) is 2.72. The molecule has 2 N–H and O–H groups in total. The van der Waals surface area contributed by atoms with Gasteiger partial charge in [-0.15, -0.1) is 0 Å². The molecule has 7 heteroatoms. The minimum absolute atomic E-state index is 0.270. The number of aryl methyl sites for hydroxylation is 1. The Kier molecular flexibility index (Phi) is 6.13. The Hall–Kier alpha value is -2.57. The Bertz CT molecular complexity index is 704. The van der Waals surface area contributed by atoms with E-state index >= 15 is 0 Å². The normalized spacial score (nSPS) is 17.3. The molecule has 1 aromatic carbocycles. The number of benzene rings is 1. The highest BCUT2D eigenvalue weighted by Gasteiger charge is 2.34. The average molecular weight is 376 g/mol. The number of carbonyl (C=O) groups excluding carboxylic acids is 3. The first-order chi connectivity index (χ1) is 12.5. The molecule has 3 amide bonds. The first-order valence-electron chi connectivity index (χ1n) is 9.09. The topological polar surface area (TPSA) is 93.7 Å². The van der Waals surface area contributed by atoms with E-state index < -0.39 is 29.2 Å². The second-order valence-electron chi connectivity index (χ2n) is 8.17. The van der Waals surface area contributed by atoms with Crippen molar-refractivity contribution in [2.45, 2.75) is 71.1 Å². The fourth-order valence-electron chi connectivity index (χ4n) is 2.63. The van der Waals surface area contributed by atoms with Gasteiger partial charge in [0.15, 0.2) is 5.60 Å². The van der Waals surface area contributed by atoms with Crippen LogP contribution in [0.5, 0.6) is 5.75 Å². The lowest BCUT2D eigenvalue weighted by atomic mass is 10.0. The summed E-state index contributed by atoms with van der Waals surface area (Å²) in [5.41, 5.74) is -0.581. The summed E-state index contributed by atoms with van der Waals surface area (Å²) < 4.78 is 11.2. The number of hydrogen-bond donors (Lipinski definition) is 2. The van der Waals surface area contributed by atoms with Crippen LogP contribution >= 0.6 is 0 Å². The maximum absolute atomic E-state index is 12.3. The second-order valence-corrected chi connectivity index (χ2v) is 8.17. The van der Waals surface area contributed by atoms with Gasteiger partial charge in [0.2, 0.25) is 0 Å². The molecule has 1 fully saturated rings. The van der Waals surface area contributed by atoms with Crippen molar-refractivity contribution in [2.75, 3.05) is 0 Å². The van der Waals surface area contributed by atoms with Gasteiger partial charge in [-0.3, -0.25) is 10.1 Å². The Balaban J connectivity index is 1.84. The second kappa shape index (κ2) is 7.98. The summed E-state index contributed by atoms with van der Waals surface area (Å²) >= 11 is 0. The number of urea groups is 1. The van der Waals surface area contributed by atoms with E-state index in [9.17, 15) is 14.4 Å². The van der Waals surface area contributed by atoms with E-state index in [1.165, 1.54) is 0 Å². The number of carbonyl (C=O) groups is 3. The van der Waals surface area contributed by atoms with Gasteiger partial charge in [0, 0.05) is 0 Å². The summed E-state index contributed by atoms with van der Waals surface area (Å²) in [6.45, 7) is 8.80. The lowest BCUT2D eigenvalue weighted by Crippen LogP contribution is -2.43. The van der Waals surface area contributed by atoms with Gasteiger partial charge in [-0.25, -0.2) is 9.59 Å². The van der Waals surface area contributed by atoms with Crippen LogP contribution in [-0.2, 0) is 20.7 Å². The van der Waals surface area contributed by atoms with Crippen LogP contribution in [0.1, 0.15) is 53.0 Å². The van der Waals surface area contributed by atoms with E-state index in [1.54, 1.807) is 13.8 Å². The quantitative estimate of drug-likeness (QED) is 0.564. The van der Waals surface area contributed by atoms with Crippen LogP contribution in [0.3, 0.4) is 0 Å². The van der Waals surface area contributed by atoms with E-state index in [2.05, 4.69) is 10.6 Å². The zero-order valence-electron chi connectivity index (χ0n) is 16.5. The summed E-state index contributed by atoms with van der Waals surface area (Å²) in [5.74, 6) is -0.110. The molecule has 1 aliphatic heterocycles. The maximum atomic E-state index is 12.3. The molecular weight excluding hydrogens is 348 g/mol. The number of imide groups is 1. The molecular formula is C20H28N2O5. The van der Waals surface area contributed by atoms with E-state index in [0.717, 1.165) is 18.4 Å². The molecule has 1 aromatic rings. The van der Waals surface area contributed by atoms with Crippen molar-refractivity contribution in [1.29, 1.82) is 0 Å². The molecule has 0 aromatic heterocycles. The van der Waals surface area contributed by atoms with Gasteiger partial charge in [-0.1, -0.05) is 12.1 Å². The Morgan fingerprint density at radius 1 is 1.07 bits per heavy atom. The van der Waals surface area contributed by atoms with Gasteiger partial charge in [0.1, 0.15) is 17.4 Å². The van der Waals surface area contributed by atoms with Crippen LogP contribution in [0.2, 0.25) is 0 Å². The maximum Gasteiger partial charge on any atom is 0.350 e. The van der Waals surface area contributed by atoms with E-state index in [0.29, 0.717) is 12.2 Å². The SMILES string of the molecule is CC(C)(C)OC(=O)C(C)(C)Oc1ccc(CCCC2NC(=O)NC2=O)cc1. The summed E-state index contributed by atoms with van der Waals surface area (Å²) in [6, 6.07) is 6.59. The zero-order chi connectivity index (χ0) is 20.2. The Morgan fingerprint density at radius 3 is 2.22 bits per heavy atom. The molecule has 148 valence electrons. The minimum atomic E-state index is -1.09. The van der Waals surface area contributed by atoms with E-state index in [-0.39, 0.29) is 5.91 Å². The van der Waals surface area contributed by atoms with Crippen molar-refractivity contribution in [3.05, 3.63) is 29.8 Å². The van der Waals surface area contributed by atoms with Crippen molar-refractivity contribution in [3.8, 4) is 5.75 Å². The number of rotatable bonds is 7. The monoisotopic (exact) mass is 376 g/mol. The number of hydrogen-bond acceptors (Lipinski definition) is 5. The zero-order valence-corrected chi connectivity index (χ0v) is 16.5. The highest BCUT2D eigenvalue weighted by Crippen LogP contribution is 2.23. The third-order valence-electron chi connectivity index (χ3n) is 4.00. The van der Waals surface area contributed by atoms with Gasteiger partial charge in [-0.05, 0) is 71.6 Å². The molecule has 2 rings (SSSR count). The van der Waals surface area contributed by atoms with Gasteiger partial charge >= 0.3 is 12.0 Å². The Morgan fingerprint density at radius 2 is 1.70 bits per heavy atom. The number of ether oxygens (including phenoxy) is 2. The number of amides is 3. The third-order valence-corrected chi connectivity index (χ3v) is 4.00. The first kappa shape index (κ1) is 20.7. The number of nitrogens with one attached hydrogen (secondary N) is 2. The lowest BCUT2D eigenvalue weighted by molar-refractivity contribution is -0.170. The summed E-state index contributed by atoms with van der Waals surface area (Å²) in [4.78, 5) is 34.8. The van der Waals surface area contributed by atoms with Gasteiger partial charge in [-0.2, -0.15) is 0 Å². The molecule has 0 bridgehead atoms. The highest BCUT2D eigenvalue weighted by molar-refractivity contribution is 6.04. The molecule has 0 aliphatic carbocycles. The van der Waals surface area contributed by atoms with Gasteiger partial charge in [0.25, 0.3) is 5.91 Å². The fourth-order valence-corrected chi connectivity index (χ4v) is 2.63. The molecule has 0 spiro atoms. The lowest BCUT2D eigenvalue weighted by Gasteiger charge is -2.29. The van der Waals surface area contributed by atoms with E-state index in [1.807, 2.05) is 45.0 Å². The minimum Gasteiger partial charge on any atom is -0.476 e. The van der Waals surface area contributed by atoms with Crippen molar-refractivity contribution in [2.24, 2.45) is 0 Å². The van der Waals surface area contributed by atoms with Crippen molar-refractivity contribution in [3.63, 3.8) is 0 Å². The molecule has 1 saturated heterocycles. The molecule has 7 nitrogen and oxygen atoms in total. The smallest absolute Gasteiger partial charge is 0.350 e. The fraction of sp³-hybridized carbons (Fsp3) is 0.550. The first-order valence-corrected chi connectivity index (χ1v) is 9.09. The summed E-state index contributed by atoms with van der Waals surface area (Å²) in [7, 11) is 0. The summed E-state index contributed by atoms with van der Waals surface area (Å²) in [6.07, 6.45) is 2.12. The summed E-state index contributed by atoms with van der Waals surface area (Å²) in [5, 5.41) is 4.81. The van der Waals surface area contributed by atoms with Gasteiger partial charge < -0.3 is 14.8 Å². The molecule has 1 atom stereocenters. The Labute approximate surface area is 159 Å². The largest absolute Gasteiger partial charge is 0.476 e. The van der Waals surface area contributed by atoms with Crippen LogP contribution in [0.15, 0.2) is 24.3 Å². The van der Waals surface area contributed by atoms with Crippen molar-refractivity contribution >= 4 is 17.9 Å². The third kappa shape index (κ3) is 6.27. The van der Waals surface area contributed by atoms with Crippen LogP contribution in [0.4, 0.5) is 4.79 Å². The van der Waals surface area contributed by atoms with Crippen molar-refractivity contribution in [1.82, 2.24) is 10.6 Å². The highest BCUT2D eigenvalue weighted by atomic mass is 16.6. The standard InChI is InChI=1S/C20H28N2O5/c1-19(2,3)27-17(24)20(4,5)26-14-11-9-13(10-12-14)7-6-8-15-16(23)22-18(25)21-15/h9-12,15H,6-8H2,1-5H3,(H2,21,22,23,25). The number of esters is 1. The average Bonchev–Trinajstić information content (AvgIpc) is 2.85. The molecule has 0 radical (unpaired) electrons. The molecule has 0 saturated carbocycles. The van der Waals surface area contributed by atoms with Crippen LogP contribution in [-0.4, -0.2) is 35.2 Å². The molecule has 27 heavy (non-hydrogen) atoms. The molecule has 1 unspecified atom stereocenters. The van der Waals surface area contributed by atoms with Crippen LogP contribution < -0.4 is 15.4 Å². The van der Waals surface area contributed by atoms with Crippen LogP contribution in [0.25, 0.3) is 0 Å². The molecule has 1 heterocycles. The van der Waals surface area contributed by atoms with Crippen LogP contribution in [0, 0.1) is 0 Å². The van der Waals surface area contributed by atoms with Gasteiger partial charge in [0.05, 0.1) is 0 Å². The van der Waals surface area contributed by atoms with Crippen molar-refractivity contribution < 1.29 is 23.9 Å².